The lowest BCUT2D eigenvalue weighted by molar-refractivity contribution is 0.0697. The fourth-order valence-corrected chi connectivity index (χ4v) is 2.84. The van der Waals surface area contributed by atoms with Gasteiger partial charge in [0.15, 0.2) is 0 Å². The summed E-state index contributed by atoms with van der Waals surface area (Å²) in [5.41, 5.74) is 0.424. The molecule has 2 amide bonds. The number of rotatable bonds is 3. The summed E-state index contributed by atoms with van der Waals surface area (Å²) in [5.74, 6) is -0.664. The van der Waals surface area contributed by atoms with Crippen LogP contribution in [0.5, 0.6) is 0 Å². The minimum Gasteiger partial charge on any atom is -0.478 e. The molecule has 21 heavy (non-hydrogen) atoms. The van der Waals surface area contributed by atoms with Gasteiger partial charge in [0.05, 0.1) is 16.3 Å². The number of halogens is 1. The quantitative estimate of drug-likeness (QED) is 0.894. The molecule has 1 unspecified atom stereocenters. The van der Waals surface area contributed by atoms with Gasteiger partial charge < -0.3 is 15.3 Å². The first-order valence-corrected chi connectivity index (χ1v) is 7.38. The molecule has 0 aromatic heterocycles. The monoisotopic (exact) mass is 310 g/mol. The maximum atomic E-state index is 12.4. The number of hydrogen-bond acceptors (Lipinski definition) is 2. The second kappa shape index (κ2) is 6.35. The lowest BCUT2D eigenvalue weighted by atomic mass is 10.0. The fraction of sp³-hybridized carbons (Fsp3) is 0.467. The van der Waals surface area contributed by atoms with Crippen LogP contribution in [0.25, 0.3) is 0 Å². The molecule has 1 aromatic rings. The Hall–Kier alpha value is -1.75. The van der Waals surface area contributed by atoms with Crippen molar-refractivity contribution in [2.75, 3.05) is 11.9 Å². The second-order valence-corrected chi connectivity index (χ2v) is 5.98. The Bertz CT molecular complexity index is 560. The Morgan fingerprint density at radius 1 is 1.43 bits per heavy atom. The number of nitrogens with zero attached hydrogens (tertiary/aromatic N) is 1. The Kier molecular flexibility index (Phi) is 4.73. The van der Waals surface area contributed by atoms with E-state index in [1.807, 2.05) is 0 Å². The molecule has 1 saturated heterocycles. The average Bonchev–Trinajstić information content (AvgIpc) is 2.90. The van der Waals surface area contributed by atoms with E-state index < -0.39 is 5.97 Å². The van der Waals surface area contributed by atoms with Gasteiger partial charge in [0.25, 0.3) is 0 Å². The SMILES string of the molecule is CC(C)C1CCCN1C(=O)Nc1cc(C(=O)O)ccc1Cl. The van der Waals surface area contributed by atoms with E-state index in [1.54, 1.807) is 4.90 Å². The van der Waals surface area contributed by atoms with Crippen LogP contribution in [0.15, 0.2) is 18.2 Å². The van der Waals surface area contributed by atoms with Gasteiger partial charge in [-0.2, -0.15) is 0 Å². The number of carboxylic acid groups (broad SMARTS) is 1. The number of anilines is 1. The third kappa shape index (κ3) is 3.47. The van der Waals surface area contributed by atoms with Crippen LogP contribution in [0.1, 0.15) is 37.0 Å². The highest BCUT2D eigenvalue weighted by atomic mass is 35.5. The van der Waals surface area contributed by atoms with Gasteiger partial charge in [-0.15, -0.1) is 0 Å². The number of nitrogens with one attached hydrogen (secondary N) is 1. The van der Waals surface area contributed by atoms with Crippen molar-refractivity contribution in [3.05, 3.63) is 28.8 Å². The smallest absolute Gasteiger partial charge is 0.335 e. The van der Waals surface area contributed by atoms with Crippen LogP contribution in [0.4, 0.5) is 10.5 Å². The maximum Gasteiger partial charge on any atom is 0.335 e. The van der Waals surface area contributed by atoms with Crippen molar-refractivity contribution >= 4 is 29.3 Å². The first-order valence-electron chi connectivity index (χ1n) is 7.00. The van der Waals surface area contributed by atoms with E-state index in [2.05, 4.69) is 19.2 Å². The van der Waals surface area contributed by atoms with E-state index >= 15 is 0 Å². The van der Waals surface area contributed by atoms with Crippen molar-refractivity contribution in [3.8, 4) is 0 Å². The van der Waals surface area contributed by atoms with Gasteiger partial charge >= 0.3 is 12.0 Å². The van der Waals surface area contributed by atoms with E-state index in [0.29, 0.717) is 23.2 Å². The van der Waals surface area contributed by atoms with Gasteiger partial charge in [0.1, 0.15) is 0 Å². The maximum absolute atomic E-state index is 12.4. The molecule has 114 valence electrons. The Balaban J connectivity index is 2.16. The van der Waals surface area contributed by atoms with Crippen molar-refractivity contribution in [3.63, 3.8) is 0 Å². The molecule has 1 atom stereocenters. The van der Waals surface area contributed by atoms with Gasteiger partial charge in [-0.25, -0.2) is 9.59 Å². The summed E-state index contributed by atoms with van der Waals surface area (Å²) in [5, 5.41) is 12.0. The number of urea groups is 1. The standard InChI is InChI=1S/C15H19ClN2O3/c1-9(2)13-4-3-7-18(13)15(21)17-12-8-10(14(19)20)5-6-11(12)16/h5-6,8-9,13H,3-4,7H2,1-2H3,(H,17,21)(H,19,20). The summed E-state index contributed by atoms with van der Waals surface area (Å²) in [7, 11) is 0. The summed E-state index contributed by atoms with van der Waals surface area (Å²) in [4.78, 5) is 25.2. The van der Waals surface area contributed by atoms with Crippen molar-refractivity contribution in [2.24, 2.45) is 5.92 Å². The number of carboxylic acids is 1. The second-order valence-electron chi connectivity index (χ2n) is 5.58. The molecule has 1 heterocycles. The number of aromatic carboxylic acids is 1. The number of carbonyl (C=O) groups is 2. The summed E-state index contributed by atoms with van der Waals surface area (Å²) >= 11 is 6.02. The Morgan fingerprint density at radius 2 is 2.14 bits per heavy atom. The first kappa shape index (κ1) is 15.6. The van der Waals surface area contributed by atoms with E-state index in [9.17, 15) is 9.59 Å². The van der Waals surface area contributed by atoms with Gasteiger partial charge in [-0.05, 0) is 37.0 Å². The van der Waals surface area contributed by atoms with Gasteiger partial charge in [-0.3, -0.25) is 0 Å². The largest absolute Gasteiger partial charge is 0.478 e. The van der Waals surface area contributed by atoms with Gasteiger partial charge in [-0.1, -0.05) is 25.4 Å². The lowest BCUT2D eigenvalue weighted by Crippen LogP contribution is -2.41. The first-order chi connectivity index (χ1) is 9.90. The van der Waals surface area contributed by atoms with Gasteiger partial charge in [0, 0.05) is 12.6 Å². The summed E-state index contributed by atoms with van der Waals surface area (Å²) in [6.45, 7) is 4.90. The fourth-order valence-electron chi connectivity index (χ4n) is 2.68. The molecule has 6 heteroatoms. The topological polar surface area (TPSA) is 69.6 Å². The molecule has 2 rings (SSSR count). The van der Waals surface area contributed by atoms with Crippen LogP contribution in [0.3, 0.4) is 0 Å². The third-order valence-electron chi connectivity index (χ3n) is 3.78. The Morgan fingerprint density at radius 3 is 2.76 bits per heavy atom. The molecular formula is C15H19ClN2O3. The van der Waals surface area contributed by atoms with E-state index in [-0.39, 0.29) is 17.6 Å². The van der Waals surface area contributed by atoms with Crippen molar-refractivity contribution < 1.29 is 14.7 Å². The zero-order chi connectivity index (χ0) is 15.6. The molecule has 5 nitrogen and oxygen atoms in total. The number of hydrogen-bond donors (Lipinski definition) is 2. The van der Waals surface area contributed by atoms with Crippen LogP contribution >= 0.6 is 11.6 Å². The van der Waals surface area contributed by atoms with E-state index in [0.717, 1.165) is 12.8 Å². The summed E-state index contributed by atoms with van der Waals surface area (Å²) in [6, 6.07) is 4.25. The average molecular weight is 311 g/mol. The van der Waals surface area contributed by atoms with E-state index in [1.165, 1.54) is 18.2 Å². The Labute approximate surface area is 128 Å². The molecule has 0 bridgehead atoms. The van der Waals surface area contributed by atoms with Gasteiger partial charge in [0.2, 0.25) is 0 Å². The van der Waals surface area contributed by atoms with Crippen LogP contribution in [0, 0.1) is 5.92 Å². The zero-order valence-corrected chi connectivity index (χ0v) is 12.9. The predicted octanol–water partition coefficient (Wildman–Crippen LogP) is 3.69. The minimum atomic E-state index is -1.05. The molecule has 0 spiro atoms. The summed E-state index contributed by atoms with van der Waals surface area (Å²) in [6.07, 6.45) is 1.98. The molecule has 2 N–H and O–H groups in total. The highest BCUT2D eigenvalue weighted by molar-refractivity contribution is 6.33. The highest BCUT2D eigenvalue weighted by Crippen LogP contribution is 2.27. The van der Waals surface area contributed by atoms with Crippen molar-refractivity contribution in [2.45, 2.75) is 32.7 Å². The molecule has 0 radical (unpaired) electrons. The van der Waals surface area contributed by atoms with Crippen LogP contribution < -0.4 is 5.32 Å². The molecular weight excluding hydrogens is 292 g/mol. The number of likely N-dealkylation sites (tertiary alicyclic amines) is 1. The van der Waals surface area contributed by atoms with Crippen LogP contribution in [-0.2, 0) is 0 Å². The van der Waals surface area contributed by atoms with Crippen LogP contribution in [-0.4, -0.2) is 34.6 Å². The number of carbonyl (C=O) groups excluding carboxylic acids is 1. The minimum absolute atomic E-state index is 0.0940. The van der Waals surface area contributed by atoms with Crippen LogP contribution in [0.2, 0.25) is 5.02 Å². The molecule has 0 saturated carbocycles. The summed E-state index contributed by atoms with van der Waals surface area (Å²) < 4.78 is 0. The number of benzene rings is 1. The molecule has 1 aromatic carbocycles. The molecule has 0 aliphatic carbocycles. The van der Waals surface area contributed by atoms with Crippen molar-refractivity contribution in [1.29, 1.82) is 0 Å². The van der Waals surface area contributed by atoms with E-state index in [4.69, 9.17) is 16.7 Å². The molecule has 1 fully saturated rings. The predicted molar refractivity (Wildman–Crippen MR) is 82.0 cm³/mol. The zero-order valence-electron chi connectivity index (χ0n) is 12.1. The number of amides is 2. The molecule has 1 aliphatic rings. The normalized spacial score (nSPS) is 18.1. The lowest BCUT2D eigenvalue weighted by Gasteiger charge is -2.28. The third-order valence-corrected chi connectivity index (χ3v) is 4.11. The van der Waals surface area contributed by atoms with Crippen molar-refractivity contribution in [1.82, 2.24) is 4.90 Å². The molecule has 1 aliphatic heterocycles. The highest BCUT2D eigenvalue weighted by Gasteiger charge is 2.31.